The zero-order valence-corrected chi connectivity index (χ0v) is 11.2. The Hall–Kier alpha value is -2.09. The van der Waals surface area contributed by atoms with Crippen molar-refractivity contribution < 1.29 is 13.9 Å². The highest BCUT2D eigenvalue weighted by molar-refractivity contribution is 5.81. The lowest BCUT2D eigenvalue weighted by Gasteiger charge is -2.14. The third kappa shape index (κ3) is 3.95. The molecule has 0 bridgehead atoms. The van der Waals surface area contributed by atoms with E-state index in [0.29, 0.717) is 11.3 Å². The summed E-state index contributed by atoms with van der Waals surface area (Å²) >= 11 is 0. The van der Waals surface area contributed by atoms with Crippen LogP contribution < -0.4 is 10.1 Å². The molecule has 1 rings (SSSR count). The van der Waals surface area contributed by atoms with Gasteiger partial charge in [0.15, 0.2) is 0 Å². The zero-order valence-electron chi connectivity index (χ0n) is 11.2. The van der Waals surface area contributed by atoms with Gasteiger partial charge in [-0.05, 0) is 24.1 Å². The number of amides is 1. The van der Waals surface area contributed by atoms with Crippen molar-refractivity contribution in [1.82, 2.24) is 5.32 Å². The van der Waals surface area contributed by atoms with Crippen LogP contribution in [0.25, 0.3) is 0 Å². The maximum absolute atomic E-state index is 13.1. The van der Waals surface area contributed by atoms with E-state index in [4.69, 9.17) is 10.00 Å². The van der Waals surface area contributed by atoms with E-state index in [9.17, 15) is 9.18 Å². The van der Waals surface area contributed by atoms with Crippen LogP contribution in [0.2, 0.25) is 0 Å². The Morgan fingerprint density at radius 3 is 2.74 bits per heavy atom. The number of carbonyl (C=O) groups is 1. The van der Waals surface area contributed by atoms with Gasteiger partial charge in [0.1, 0.15) is 17.5 Å². The van der Waals surface area contributed by atoms with Crippen LogP contribution in [0.1, 0.15) is 19.4 Å². The molecule has 102 valence electrons. The average Bonchev–Trinajstić information content (AvgIpc) is 2.37. The predicted octanol–water partition coefficient (Wildman–Crippen LogP) is 2.25. The Morgan fingerprint density at radius 2 is 2.21 bits per heavy atom. The number of hydrogen-bond donors (Lipinski definition) is 1. The fourth-order valence-corrected chi connectivity index (χ4v) is 1.69. The van der Waals surface area contributed by atoms with E-state index in [1.165, 1.54) is 25.3 Å². The fraction of sp³-hybridized carbons (Fsp3) is 0.429. The van der Waals surface area contributed by atoms with Crippen LogP contribution in [0.5, 0.6) is 5.75 Å². The third-order valence-corrected chi connectivity index (χ3v) is 2.78. The summed E-state index contributed by atoms with van der Waals surface area (Å²) in [6.45, 7) is 3.73. The SMILES string of the molecule is COc1ccc(F)cc1CNC(=O)C(C#N)C(C)C. The molecule has 0 aliphatic rings. The number of nitrogens with zero attached hydrogens (tertiary/aromatic N) is 1. The lowest BCUT2D eigenvalue weighted by molar-refractivity contribution is -0.124. The molecule has 4 nitrogen and oxygen atoms in total. The first-order valence-electron chi connectivity index (χ1n) is 5.99. The summed E-state index contributed by atoms with van der Waals surface area (Å²) in [4.78, 5) is 11.8. The van der Waals surface area contributed by atoms with Gasteiger partial charge in [-0.2, -0.15) is 5.26 Å². The van der Waals surface area contributed by atoms with Gasteiger partial charge < -0.3 is 10.1 Å². The smallest absolute Gasteiger partial charge is 0.237 e. The van der Waals surface area contributed by atoms with E-state index in [2.05, 4.69) is 5.32 Å². The molecule has 1 aromatic carbocycles. The molecular weight excluding hydrogens is 247 g/mol. The van der Waals surface area contributed by atoms with Crippen molar-refractivity contribution >= 4 is 5.91 Å². The van der Waals surface area contributed by atoms with Crippen molar-refractivity contribution in [3.8, 4) is 11.8 Å². The number of hydrogen-bond acceptors (Lipinski definition) is 3. The first-order chi connectivity index (χ1) is 8.99. The summed E-state index contributed by atoms with van der Waals surface area (Å²) in [6.07, 6.45) is 0. The van der Waals surface area contributed by atoms with Gasteiger partial charge in [-0.15, -0.1) is 0 Å². The number of methoxy groups -OCH3 is 1. The number of ether oxygens (including phenoxy) is 1. The molecular formula is C14H17FN2O2. The first kappa shape index (κ1) is 15.0. The summed E-state index contributed by atoms with van der Waals surface area (Å²) < 4.78 is 18.2. The van der Waals surface area contributed by atoms with Crippen LogP contribution in [0.15, 0.2) is 18.2 Å². The molecule has 0 saturated carbocycles. The minimum Gasteiger partial charge on any atom is -0.496 e. The highest BCUT2D eigenvalue weighted by atomic mass is 19.1. The van der Waals surface area contributed by atoms with Crippen LogP contribution in [0.4, 0.5) is 4.39 Å². The second kappa shape index (κ2) is 6.74. The molecule has 19 heavy (non-hydrogen) atoms. The number of benzene rings is 1. The number of nitriles is 1. The summed E-state index contributed by atoms with van der Waals surface area (Å²) in [7, 11) is 1.48. The van der Waals surface area contributed by atoms with Crippen LogP contribution in [-0.2, 0) is 11.3 Å². The van der Waals surface area contributed by atoms with Crippen molar-refractivity contribution in [1.29, 1.82) is 5.26 Å². The largest absolute Gasteiger partial charge is 0.496 e. The van der Waals surface area contributed by atoms with Crippen LogP contribution in [0.3, 0.4) is 0 Å². The van der Waals surface area contributed by atoms with Gasteiger partial charge >= 0.3 is 0 Å². The van der Waals surface area contributed by atoms with Crippen LogP contribution in [-0.4, -0.2) is 13.0 Å². The Kier molecular flexibility index (Phi) is 5.31. The minimum atomic E-state index is -0.709. The number of halogens is 1. The molecule has 1 aromatic rings. The molecule has 5 heteroatoms. The standard InChI is InChI=1S/C14H17FN2O2/c1-9(2)12(7-16)14(18)17-8-10-6-11(15)4-5-13(10)19-3/h4-6,9,12H,8H2,1-3H3,(H,17,18). The highest BCUT2D eigenvalue weighted by Crippen LogP contribution is 2.19. The Labute approximate surface area is 112 Å². The summed E-state index contributed by atoms with van der Waals surface area (Å²) in [5.74, 6) is -1.03. The molecule has 0 spiro atoms. The Morgan fingerprint density at radius 1 is 1.53 bits per heavy atom. The van der Waals surface area contributed by atoms with E-state index in [-0.39, 0.29) is 18.4 Å². The summed E-state index contributed by atoms with van der Waals surface area (Å²) in [6, 6.07) is 6.05. The predicted molar refractivity (Wildman–Crippen MR) is 68.7 cm³/mol. The molecule has 1 unspecified atom stereocenters. The van der Waals surface area contributed by atoms with E-state index in [1.807, 2.05) is 6.07 Å². The van der Waals surface area contributed by atoms with E-state index in [0.717, 1.165) is 0 Å². The molecule has 0 saturated heterocycles. The summed E-state index contributed by atoms with van der Waals surface area (Å²) in [5.41, 5.74) is 0.538. The van der Waals surface area contributed by atoms with Gasteiger partial charge in [-0.3, -0.25) is 4.79 Å². The van der Waals surface area contributed by atoms with Gasteiger partial charge in [-0.1, -0.05) is 13.8 Å². The molecule has 0 aliphatic heterocycles. The van der Waals surface area contributed by atoms with Crippen molar-refractivity contribution in [2.75, 3.05) is 7.11 Å². The third-order valence-electron chi connectivity index (χ3n) is 2.78. The minimum absolute atomic E-state index is 0.0700. The second-order valence-electron chi connectivity index (χ2n) is 4.52. The molecule has 0 aliphatic carbocycles. The second-order valence-corrected chi connectivity index (χ2v) is 4.52. The Bertz CT molecular complexity index is 495. The van der Waals surface area contributed by atoms with Gasteiger partial charge in [0.25, 0.3) is 0 Å². The van der Waals surface area contributed by atoms with Crippen LogP contribution >= 0.6 is 0 Å². The van der Waals surface area contributed by atoms with Crippen molar-refractivity contribution in [3.63, 3.8) is 0 Å². The molecule has 1 amide bonds. The zero-order chi connectivity index (χ0) is 14.4. The average molecular weight is 264 g/mol. The maximum Gasteiger partial charge on any atom is 0.237 e. The Balaban J connectivity index is 2.74. The van der Waals surface area contributed by atoms with Crippen LogP contribution in [0, 0.1) is 29.0 Å². The maximum atomic E-state index is 13.1. The molecule has 1 atom stereocenters. The van der Waals surface area contributed by atoms with Crippen molar-refractivity contribution in [3.05, 3.63) is 29.6 Å². The van der Waals surface area contributed by atoms with E-state index < -0.39 is 11.7 Å². The van der Waals surface area contributed by atoms with Gasteiger partial charge in [0.2, 0.25) is 5.91 Å². The van der Waals surface area contributed by atoms with Crippen molar-refractivity contribution in [2.24, 2.45) is 11.8 Å². The lowest BCUT2D eigenvalue weighted by atomic mass is 9.96. The van der Waals surface area contributed by atoms with E-state index in [1.54, 1.807) is 13.8 Å². The number of carbonyl (C=O) groups excluding carboxylic acids is 1. The topological polar surface area (TPSA) is 62.1 Å². The quantitative estimate of drug-likeness (QED) is 0.887. The first-order valence-corrected chi connectivity index (χ1v) is 5.99. The normalized spacial score (nSPS) is 11.8. The molecule has 0 aromatic heterocycles. The van der Waals surface area contributed by atoms with Gasteiger partial charge in [-0.25, -0.2) is 4.39 Å². The lowest BCUT2D eigenvalue weighted by Crippen LogP contribution is -2.32. The van der Waals surface area contributed by atoms with Gasteiger partial charge in [0.05, 0.1) is 13.2 Å². The number of rotatable bonds is 5. The molecule has 0 heterocycles. The monoisotopic (exact) mass is 264 g/mol. The molecule has 1 N–H and O–H groups in total. The molecule has 0 fully saturated rings. The van der Waals surface area contributed by atoms with E-state index >= 15 is 0 Å². The molecule has 0 radical (unpaired) electrons. The van der Waals surface area contributed by atoms with Gasteiger partial charge in [0, 0.05) is 12.1 Å². The van der Waals surface area contributed by atoms with Crippen molar-refractivity contribution in [2.45, 2.75) is 20.4 Å². The fourth-order valence-electron chi connectivity index (χ4n) is 1.69. The highest BCUT2D eigenvalue weighted by Gasteiger charge is 2.21. The summed E-state index contributed by atoms with van der Waals surface area (Å²) in [5, 5.41) is 11.5. The number of nitrogens with one attached hydrogen (secondary N) is 1.